The molecule has 0 unspecified atom stereocenters. The summed E-state index contributed by atoms with van der Waals surface area (Å²) in [6, 6.07) is 7.94. The highest BCUT2D eigenvalue weighted by Gasteiger charge is 2.28. The van der Waals surface area contributed by atoms with Crippen LogP contribution in [0, 0.1) is 0 Å². The van der Waals surface area contributed by atoms with Crippen LogP contribution in [0.2, 0.25) is 0 Å². The van der Waals surface area contributed by atoms with E-state index < -0.39 is 5.97 Å². The van der Waals surface area contributed by atoms with E-state index in [0.717, 1.165) is 23.0 Å². The lowest BCUT2D eigenvalue weighted by Crippen LogP contribution is -2.46. The first-order valence-electron chi connectivity index (χ1n) is 8.76. The van der Waals surface area contributed by atoms with Crippen LogP contribution in [-0.4, -0.2) is 52.3 Å². The lowest BCUT2D eigenvalue weighted by Gasteiger charge is -2.33. The average Bonchev–Trinajstić information content (AvgIpc) is 2.98. The molecule has 134 valence electrons. The normalized spacial score (nSPS) is 15.4. The van der Waals surface area contributed by atoms with Crippen molar-refractivity contribution in [1.82, 2.24) is 9.47 Å². The van der Waals surface area contributed by atoms with Crippen LogP contribution in [0.15, 0.2) is 30.5 Å². The summed E-state index contributed by atoms with van der Waals surface area (Å²) in [5.41, 5.74) is 2.05. The third-order valence-electron chi connectivity index (χ3n) is 4.81. The number of hydrogen-bond donors (Lipinski definition) is 1. The van der Waals surface area contributed by atoms with E-state index in [2.05, 4.69) is 11.5 Å². The lowest BCUT2D eigenvalue weighted by molar-refractivity contribution is -0.147. The molecule has 1 aromatic carbocycles. The molecule has 1 saturated heterocycles. The van der Waals surface area contributed by atoms with E-state index in [-0.39, 0.29) is 24.9 Å². The predicted molar refractivity (Wildman–Crippen MR) is 94.5 cm³/mol. The van der Waals surface area contributed by atoms with Crippen LogP contribution in [0.1, 0.15) is 25.3 Å². The van der Waals surface area contributed by atoms with Crippen molar-refractivity contribution >= 4 is 22.8 Å². The predicted octanol–water partition coefficient (Wildman–Crippen LogP) is 2.30. The number of aliphatic carboxylic acids is 1. The second-order valence-corrected chi connectivity index (χ2v) is 6.39. The molecule has 0 radical (unpaired) electrons. The Morgan fingerprint density at radius 2 is 2.00 bits per heavy atom. The number of aromatic nitrogens is 1. The molecular weight excluding hydrogens is 320 g/mol. The minimum Gasteiger partial charge on any atom is -0.480 e. The number of benzene rings is 1. The Kier molecular flexibility index (Phi) is 5.38. The topological polar surface area (TPSA) is 71.8 Å². The summed E-state index contributed by atoms with van der Waals surface area (Å²) in [6.45, 7) is 3.78. The van der Waals surface area contributed by atoms with Gasteiger partial charge in [-0.05, 0) is 31.4 Å². The number of carboxylic acid groups (broad SMARTS) is 1. The van der Waals surface area contributed by atoms with Gasteiger partial charge in [0.1, 0.15) is 6.54 Å². The summed E-state index contributed by atoms with van der Waals surface area (Å²) in [5.74, 6) is -1.11. The van der Waals surface area contributed by atoms with Gasteiger partial charge in [0.2, 0.25) is 5.91 Å². The number of carbonyl (C=O) groups is 2. The summed E-state index contributed by atoms with van der Waals surface area (Å²) in [4.78, 5) is 25.7. The number of amides is 1. The van der Waals surface area contributed by atoms with Crippen LogP contribution in [0.5, 0.6) is 0 Å². The van der Waals surface area contributed by atoms with E-state index in [1.807, 2.05) is 30.5 Å². The maximum Gasteiger partial charge on any atom is 0.323 e. The Balaban J connectivity index is 1.84. The van der Waals surface area contributed by atoms with Crippen molar-refractivity contribution < 1.29 is 19.4 Å². The van der Waals surface area contributed by atoms with Crippen LogP contribution in [0.25, 0.3) is 10.9 Å². The highest BCUT2D eigenvalue weighted by molar-refractivity contribution is 5.90. The Bertz CT molecular complexity index is 762. The number of carboxylic acids is 1. The summed E-state index contributed by atoms with van der Waals surface area (Å²) in [6.07, 6.45) is 3.61. The van der Waals surface area contributed by atoms with E-state index in [4.69, 9.17) is 4.74 Å². The van der Waals surface area contributed by atoms with E-state index in [1.54, 1.807) is 0 Å². The number of fused-ring (bicyclic) bond motifs is 1. The molecule has 25 heavy (non-hydrogen) atoms. The number of carbonyl (C=O) groups excluding carboxylic acids is 1. The lowest BCUT2D eigenvalue weighted by atomic mass is 10.0. The fourth-order valence-corrected chi connectivity index (χ4v) is 3.55. The number of aryl methyl sites for hydroxylation is 1. The van der Waals surface area contributed by atoms with Gasteiger partial charge in [-0.1, -0.05) is 18.2 Å². The number of para-hydroxylation sites is 1. The summed E-state index contributed by atoms with van der Waals surface area (Å²) in [5, 5.41) is 10.3. The molecule has 1 N–H and O–H groups in total. The minimum atomic E-state index is -0.976. The second kappa shape index (κ2) is 7.70. The van der Waals surface area contributed by atoms with Gasteiger partial charge < -0.3 is 19.3 Å². The third-order valence-corrected chi connectivity index (χ3v) is 4.81. The molecule has 0 bridgehead atoms. The fraction of sp³-hybridized carbons (Fsp3) is 0.474. The molecule has 2 heterocycles. The third kappa shape index (κ3) is 3.85. The average molecular weight is 344 g/mol. The molecule has 0 atom stereocenters. The molecule has 0 saturated carbocycles. The first-order valence-corrected chi connectivity index (χ1v) is 8.76. The van der Waals surface area contributed by atoms with Crippen molar-refractivity contribution in [3.05, 3.63) is 36.0 Å². The van der Waals surface area contributed by atoms with Crippen LogP contribution in [0.3, 0.4) is 0 Å². The zero-order valence-electron chi connectivity index (χ0n) is 14.5. The number of rotatable bonds is 6. The molecular formula is C19H24N2O4. The standard InChI is InChI=1S/C19H24N2O4/c1-2-20-12-14(16-5-3-4-6-17(16)20)11-18(22)21(13-19(23)24)15-7-9-25-10-8-15/h3-6,12,15H,2,7-11,13H2,1H3,(H,23,24). The monoisotopic (exact) mass is 344 g/mol. The smallest absolute Gasteiger partial charge is 0.323 e. The van der Waals surface area contributed by atoms with Gasteiger partial charge in [-0.3, -0.25) is 9.59 Å². The molecule has 1 aliphatic rings. The van der Waals surface area contributed by atoms with Gasteiger partial charge >= 0.3 is 5.97 Å². The quantitative estimate of drug-likeness (QED) is 0.873. The maximum atomic E-state index is 12.9. The minimum absolute atomic E-state index is 0.0584. The van der Waals surface area contributed by atoms with Gasteiger partial charge in [-0.2, -0.15) is 0 Å². The van der Waals surface area contributed by atoms with Crippen LogP contribution < -0.4 is 0 Å². The van der Waals surface area contributed by atoms with Crippen molar-refractivity contribution in [2.45, 2.75) is 38.8 Å². The van der Waals surface area contributed by atoms with Gasteiger partial charge in [0, 0.05) is 42.9 Å². The maximum absolute atomic E-state index is 12.9. The summed E-state index contributed by atoms with van der Waals surface area (Å²) < 4.78 is 7.46. The van der Waals surface area contributed by atoms with Crippen molar-refractivity contribution in [1.29, 1.82) is 0 Å². The molecule has 0 spiro atoms. The SMILES string of the molecule is CCn1cc(CC(=O)N(CC(=O)O)C2CCOCC2)c2ccccc21. The molecule has 0 aliphatic carbocycles. The highest BCUT2D eigenvalue weighted by atomic mass is 16.5. The molecule has 1 aliphatic heterocycles. The zero-order chi connectivity index (χ0) is 17.8. The van der Waals surface area contributed by atoms with Crippen LogP contribution in [0.4, 0.5) is 0 Å². The molecule has 2 aromatic rings. The summed E-state index contributed by atoms with van der Waals surface area (Å²) >= 11 is 0. The Morgan fingerprint density at radius 3 is 2.68 bits per heavy atom. The van der Waals surface area contributed by atoms with Gasteiger partial charge in [0.25, 0.3) is 0 Å². The van der Waals surface area contributed by atoms with E-state index in [9.17, 15) is 14.7 Å². The Hall–Kier alpha value is -2.34. The molecule has 3 rings (SSSR count). The highest BCUT2D eigenvalue weighted by Crippen LogP contribution is 2.23. The van der Waals surface area contributed by atoms with Gasteiger partial charge in [0.15, 0.2) is 0 Å². The molecule has 6 nitrogen and oxygen atoms in total. The first kappa shape index (κ1) is 17.5. The molecule has 1 amide bonds. The first-order chi connectivity index (χ1) is 12.1. The van der Waals surface area contributed by atoms with Crippen molar-refractivity contribution in [3.63, 3.8) is 0 Å². The van der Waals surface area contributed by atoms with Crippen molar-refractivity contribution in [2.75, 3.05) is 19.8 Å². The zero-order valence-corrected chi connectivity index (χ0v) is 14.5. The number of hydrogen-bond acceptors (Lipinski definition) is 3. The Labute approximate surface area is 147 Å². The van der Waals surface area contributed by atoms with Gasteiger partial charge in [0.05, 0.1) is 6.42 Å². The molecule has 1 aromatic heterocycles. The number of ether oxygens (including phenoxy) is 1. The van der Waals surface area contributed by atoms with Crippen LogP contribution in [-0.2, 0) is 27.3 Å². The molecule has 1 fully saturated rings. The van der Waals surface area contributed by atoms with E-state index >= 15 is 0 Å². The van der Waals surface area contributed by atoms with Crippen LogP contribution >= 0.6 is 0 Å². The van der Waals surface area contributed by atoms with Crippen molar-refractivity contribution in [2.24, 2.45) is 0 Å². The van der Waals surface area contributed by atoms with E-state index in [1.165, 1.54) is 4.90 Å². The van der Waals surface area contributed by atoms with Gasteiger partial charge in [-0.15, -0.1) is 0 Å². The summed E-state index contributed by atoms with van der Waals surface area (Å²) in [7, 11) is 0. The Morgan fingerprint density at radius 1 is 1.28 bits per heavy atom. The second-order valence-electron chi connectivity index (χ2n) is 6.39. The fourth-order valence-electron chi connectivity index (χ4n) is 3.55. The largest absolute Gasteiger partial charge is 0.480 e. The van der Waals surface area contributed by atoms with Gasteiger partial charge in [-0.25, -0.2) is 0 Å². The van der Waals surface area contributed by atoms with E-state index in [0.29, 0.717) is 26.1 Å². The molecule has 6 heteroatoms. The number of nitrogens with zero attached hydrogens (tertiary/aromatic N) is 2. The van der Waals surface area contributed by atoms with Crippen molar-refractivity contribution in [3.8, 4) is 0 Å².